The van der Waals surface area contributed by atoms with Crippen LogP contribution in [0.15, 0.2) is 75.2 Å². The van der Waals surface area contributed by atoms with Crippen LogP contribution < -0.4 is 5.32 Å². The first-order valence-electron chi connectivity index (χ1n) is 7.69. The zero-order valence-corrected chi connectivity index (χ0v) is 15.9. The number of nitro groups is 1. The first-order chi connectivity index (χ1) is 12.5. The molecule has 0 aliphatic carbocycles. The molecule has 0 radical (unpaired) electrons. The third kappa shape index (κ3) is 6.02. The summed E-state index contributed by atoms with van der Waals surface area (Å²) in [6.45, 7) is 0.606. The highest BCUT2D eigenvalue weighted by molar-refractivity contribution is 6.59. The SMILES string of the molecule is O=[N+]([O-])C(C(=NCc1ccccc1)NCc1ccccc1)C(Cl)=C(Cl)Cl. The number of nitrogens with one attached hydrogen (secondary N) is 1. The molecular formula is C18H16Cl3N3O2. The molecule has 0 heterocycles. The summed E-state index contributed by atoms with van der Waals surface area (Å²) in [5, 5.41) is 14.3. The molecule has 2 rings (SSSR count). The Bertz CT molecular complexity index is 792. The molecule has 0 bridgehead atoms. The Kier molecular flexibility index (Phi) is 7.91. The fraction of sp³-hybridized carbons (Fsp3) is 0.167. The summed E-state index contributed by atoms with van der Waals surface area (Å²) in [5.41, 5.74) is 1.85. The molecule has 2 aromatic carbocycles. The van der Waals surface area contributed by atoms with Gasteiger partial charge in [0.05, 0.1) is 6.54 Å². The summed E-state index contributed by atoms with van der Waals surface area (Å²) < 4.78 is -0.359. The van der Waals surface area contributed by atoms with Crippen molar-refractivity contribution in [1.29, 1.82) is 0 Å². The van der Waals surface area contributed by atoms with E-state index in [1.54, 1.807) is 0 Å². The van der Waals surface area contributed by atoms with E-state index in [0.717, 1.165) is 11.1 Å². The second-order valence-electron chi connectivity index (χ2n) is 5.32. The Morgan fingerprint density at radius 2 is 1.54 bits per heavy atom. The highest BCUT2D eigenvalue weighted by Crippen LogP contribution is 2.23. The number of benzene rings is 2. The van der Waals surface area contributed by atoms with Gasteiger partial charge in [-0.25, -0.2) is 0 Å². The fourth-order valence-corrected chi connectivity index (χ4v) is 2.59. The molecule has 1 N–H and O–H groups in total. The van der Waals surface area contributed by atoms with Crippen molar-refractivity contribution in [3.63, 3.8) is 0 Å². The van der Waals surface area contributed by atoms with Crippen molar-refractivity contribution in [3.05, 3.63) is 91.4 Å². The Hall–Kier alpha value is -2.08. The maximum Gasteiger partial charge on any atom is 0.306 e. The van der Waals surface area contributed by atoms with Crippen LogP contribution in [-0.2, 0) is 13.1 Å². The van der Waals surface area contributed by atoms with Gasteiger partial charge in [-0.05, 0) is 11.1 Å². The molecule has 0 fully saturated rings. The Labute approximate surface area is 166 Å². The van der Waals surface area contributed by atoms with Crippen LogP contribution in [0, 0.1) is 10.1 Å². The minimum atomic E-state index is -1.46. The predicted molar refractivity (Wildman–Crippen MR) is 106 cm³/mol. The second kappa shape index (κ2) is 10.2. The lowest BCUT2D eigenvalue weighted by atomic mass is 10.2. The lowest BCUT2D eigenvalue weighted by molar-refractivity contribution is -0.492. The minimum Gasteiger partial charge on any atom is -0.364 e. The maximum atomic E-state index is 11.6. The van der Waals surface area contributed by atoms with Gasteiger partial charge in [-0.1, -0.05) is 95.5 Å². The van der Waals surface area contributed by atoms with Gasteiger partial charge >= 0.3 is 6.04 Å². The summed E-state index contributed by atoms with van der Waals surface area (Å²) in [6, 6.07) is 17.4. The molecule has 5 nitrogen and oxygen atoms in total. The van der Waals surface area contributed by atoms with Gasteiger partial charge in [-0.3, -0.25) is 15.1 Å². The fourth-order valence-electron chi connectivity index (χ4n) is 2.20. The minimum absolute atomic E-state index is 0.0894. The van der Waals surface area contributed by atoms with E-state index in [9.17, 15) is 10.1 Å². The van der Waals surface area contributed by atoms with Crippen molar-refractivity contribution in [2.45, 2.75) is 19.1 Å². The van der Waals surface area contributed by atoms with E-state index < -0.39 is 11.0 Å². The largest absolute Gasteiger partial charge is 0.364 e. The van der Waals surface area contributed by atoms with E-state index in [1.165, 1.54) is 0 Å². The number of halogens is 3. The van der Waals surface area contributed by atoms with Crippen molar-refractivity contribution < 1.29 is 4.92 Å². The van der Waals surface area contributed by atoms with E-state index in [1.807, 2.05) is 60.7 Å². The average molecular weight is 413 g/mol. The van der Waals surface area contributed by atoms with Crippen LogP contribution in [0.5, 0.6) is 0 Å². The van der Waals surface area contributed by atoms with Crippen LogP contribution in [0.25, 0.3) is 0 Å². The monoisotopic (exact) mass is 411 g/mol. The zero-order chi connectivity index (χ0) is 18.9. The molecule has 1 unspecified atom stereocenters. The van der Waals surface area contributed by atoms with Gasteiger partial charge in [-0.15, -0.1) is 0 Å². The van der Waals surface area contributed by atoms with Crippen LogP contribution in [0.3, 0.4) is 0 Å². The van der Waals surface area contributed by atoms with Crippen molar-refractivity contribution >= 4 is 40.6 Å². The molecule has 0 amide bonds. The Balaban J connectivity index is 2.29. The third-order valence-corrected chi connectivity index (χ3v) is 4.48. The predicted octanol–water partition coefficient (Wildman–Crippen LogP) is 4.91. The van der Waals surface area contributed by atoms with Gasteiger partial charge in [0.15, 0.2) is 5.84 Å². The quantitative estimate of drug-likeness (QED) is 0.304. The van der Waals surface area contributed by atoms with E-state index in [-0.39, 0.29) is 21.9 Å². The topological polar surface area (TPSA) is 67.5 Å². The third-order valence-electron chi connectivity index (χ3n) is 3.48. The lowest BCUT2D eigenvalue weighted by Gasteiger charge is -2.15. The molecule has 0 saturated carbocycles. The van der Waals surface area contributed by atoms with Crippen LogP contribution >= 0.6 is 34.8 Å². The number of aliphatic imine (C=N–C) groups is 1. The van der Waals surface area contributed by atoms with E-state index in [4.69, 9.17) is 34.8 Å². The normalized spacial score (nSPS) is 12.3. The summed E-state index contributed by atoms with van der Waals surface area (Å²) >= 11 is 17.3. The van der Waals surface area contributed by atoms with E-state index in [2.05, 4.69) is 10.3 Å². The van der Waals surface area contributed by atoms with Crippen molar-refractivity contribution in [1.82, 2.24) is 5.32 Å². The van der Waals surface area contributed by atoms with Gasteiger partial charge in [0.1, 0.15) is 9.52 Å². The lowest BCUT2D eigenvalue weighted by Crippen LogP contribution is -2.40. The van der Waals surface area contributed by atoms with Gasteiger partial charge in [0.2, 0.25) is 0 Å². The summed E-state index contributed by atoms with van der Waals surface area (Å²) in [4.78, 5) is 15.3. The van der Waals surface area contributed by atoms with Gasteiger partial charge in [0.25, 0.3) is 0 Å². The molecule has 0 spiro atoms. The van der Waals surface area contributed by atoms with Crippen molar-refractivity contribution in [2.24, 2.45) is 4.99 Å². The van der Waals surface area contributed by atoms with Gasteiger partial charge in [0, 0.05) is 11.5 Å². The number of hydrogen-bond acceptors (Lipinski definition) is 3. The van der Waals surface area contributed by atoms with Crippen molar-refractivity contribution in [3.8, 4) is 0 Å². The first kappa shape index (κ1) is 20.2. The van der Waals surface area contributed by atoms with Gasteiger partial charge in [-0.2, -0.15) is 0 Å². The maximum absolute atomic E-state index is 11.6. The summed E-state index contributed by atoms with van der Waals surface area (Å²) in [6.07, 6.45) is 0. The Morgan fingerprint density at radius 1 is 1.00 bits per heavy atom. The van der Waals surface area contributed by atoms with Crippen LogP contribution in [0.4, 0.5) is 0 Å². The smallest absolute Gasteiger partial charge is 0.306 e. The number of amidine groups is 1. The highest BCUT2D eigenvalue weighted by atomic mass is 35.5. The molecule has 1 atom stereocenters. The average Bonchev–Trinajstić information content (AvgIpc) is 2.64. The summed E-state index contributed by atoms with van der Waals surface area (Å²) in [7, 11) is 0. The Morgan fingerprint density at radius 3 is 2.04 bits per heavy atom. The molecule has 136 valence electrons. The van der Waals surface area contributed by atoms with Gasteiger partial charge < -0.3 is 5.32 Å². The molecule has 0 aromatic heterocycles. The van der Waals surface area contributed by atoms with E-state index >= 15 is 0 Å². The van der Waals surface area contributed by atoms with E-state index in [0.29, 0.717) is 6.54 Å². The summed E-state index contributed by atoms with van der Waals surface area (Å²) in [5.74, 6) is 0.0894. The molecule has 26 heavy (non-hydrogen) atoms. The van der Waals surface area contributed by atoms with Crippen LogP contribution in [-0.4, -0.2) is 16.8 Å². The molecule has 8 heteroatoms. The first-order valence-corrected chi connectivity index (χ1v) is 8.82. The molecular weight excluding hydrogens is 397 g/mol. The van der Waals surface area contributed by atoms with Crippen LogP contribution in [0.2, 0.25) is 0 Å². The standard InChI is InChI=1S/C18H16Cl3N3O2/c19-15(17(20)21)16(24(25)26)18(22-11-13-7-3-1-4-8-13)23-12-14-9-5-2-6-10-14/h1-10,16H,11-12H2,(H,22,23). The zero-order valence-electron chi connectivity index (χ0n) is 13.6. The van der Waals surface area contributed by atoms with Crippen LogP contribution in [0.1, 0.15) is 11.1 Å². The molecule has 0 aliphatic rings. The molecule has 0 aliphatic heterocycles. The van der Waals surface area contributed by atoms with Crippen molar-refractivity contribution in [2.75, 3.05) is 0 Å². The molecule has 0 saturated heterocycles. The number of hydrogen-bond donors (Lipinski definition) is 1. The highest BCUT2D eigenvalue weighted by Gasteiger charge is 2.33. The number of rotatable bonds is 7. The number of nitrogens with zero attached hydrogens (tertiary/aromatic N) is 2. The molecule has 2 aromatic rings. The second-order valence-corrected chi connectivity index (χ2v) is 6.68.